The molecule has 1 unspecified atom stereocenters. The topological polar surface area (TPSA) is 72.7 Å². The molecule has 1 N–H and O–H groups in total. The first-order valence-electron chi connectivity index (χ1n) is 6.39. The summed E-state index contributed by atoms with van der Waals surface area (Å²) in [6.07, 6.45) is 2.41. The Kier molecular flexibility index (Phi) is 5.11. The maximum absolute atomic E-state index is 11.9. The van der Waals surface area contributed by atoms with Crippen LogP contribution in [0, 0.1) is 0 Å². The predicted octanol–water partition coefficient (Wildman–Crippen LogP) is 1.07. The van der Waals surface area contributed by atoms with E-state index in [1.807, 2.05) is 43.5 Å². The maximum atomic E-state index is 11.9. The summed E-state index contributed by atoms with van der Waals surface area (Å²) < 4.78 is 1.67. The Morgan fingerprint density at radius 3 is 2.80 bits per heavy atom. The predicted molar refractivity (Wildman–Crippen MR) is 78.8 cm³/mol. The number of benzene rings is 1. The van der Waals surface area contributed by atoms with Crippen LogP contribution < -0.4 is 5.32 Å². The molecule has 0 aliphatic carbocycles. The molecule has 106 valence electrons. The average Bonchev–Trinajstić information content (AvgIpc) is 2.94. The minimum Gasteiger partial charge on any atom is -0.355 e. The molecule has 0 fully saturated rings. The number of thioether (sulfide) groups is 1. The third-order valence-corrected chi connectivity index (χ3v) is 3.78. The Balaban J connectivity index is 2.18. The number of hydrogen-bond acceptors (Lipinski definition) is 5. The van der Waals surface area contributed by atoms with Crippen molar-refractivity contribution < 1.29 is 4.79 Å². The van der Waals surface area contributed by atoms with E-state index in [-0.39, 0.29) is 11.2 Å². The molecule has 1 aromatic heterocycles. The number of tetrazole rings is 1. The van der Waals surface area contributed by atoms with Gasteiger partial charge in [0, 0.05) is 13.0 Å². The quantitative estimate of drug-likeness (QED) is 0.862. The van der Waals surface area contributed by atoms with Crippen molar-refractivity contribution in [3.63, 3.8) is 0 Å². The summed E-state index contributed by atoms with van der Waals surface area (Å²) in [5, 5.41) is 14.4. The van der Waals surface area contributed by atoms with Gasteiger partial charge >= 0.3 is 0 Å². The molecular weight excluding hydrogens is 274 g/mol. The first kappa shape index (κ1) is 14.5. The molecule has 0 bridgehead atoms. The third kappa shape index (κ3) is 3.36. The molecule has 1 heterocycles. The summed E-state index contributed by atoms with van der Waals surface area (Å²) in [7, 11) is 0. The first-order chi connectivity index (χ1) is 9.76. The number of nitrogens with one attached hydrogen (secondary N) is 1. The van der Waals surface area contributed by atoms with Crippen molar-refractivity contribution in [2.45, 2.75) is 18.6 Å². The molecule has 0 radical (unpaired) electrons. The summed E-state index contributed by atoms with van der Waals surface area (Å²) >= 11 is 1.50. The van der Waals surface area contributed by atoms with Crippen molar-refractivity contribution in [3.05, 3.63) is 36.2 Å². The molecule has 6 nitrogen and oxygen atoms in total. The molecule has 0 aliphatic rings. The molecule has 0 saturated carbocycles. The standard InChI is InChI=1S/C13H17N5OS/c1-3-14-13(19)11(20-2)9-12-15-16-17-18(12)10-7-5-4-6-8-10/h4-8,11H,3,9H2,1-2H3,(H,14,19). The number of rotatable bonds is 6. The van der Waals surface area contributed by atoms with Crippen LogP contribution in [-0.2, 0) is 11.2 Å². The van der Waals surface area contributed by atoms with Crippen molar-refractivity contribution in [2.24, 2.45) is 0 Å². The van der Waals surface area contributed by atoms with Gasteiger partial charge in [0.2, 0.25) is 5.91 Å². The van der Waals surface area contributed by atoms with Crippen LogP contribution in [0.2, 0.25) is 0 Å². The summed E-state index contributed by atoms with van der Waals surface area (Å²) in [6, 6.07) is 9.65. The van der Waals surface area contributed by atoms with Gasteiger partial charge in [0.05, 0.1) is 10.9 Å². The zero-order valence-electron chi connectivity index (χ0n) is 11.5. The molecule has 7 heteroatoms. The fourth-order valence-corrected chi connectivity index (χ4v) is 2.45. The highest BCUT2D eigenvalue weighted by atomic mass is 32.2. The van der Waals surface area contributed by atoms with Gasteiger partial charge in [0.15, 0.2) is 5.82 Å². The van der Waals surface area contributed by atoms with Crippen LogP contribution in [0.15, 0.2) is 30.3 Å². The molecular formula is C13H17N5OS. The summed E-state index contributed by atoms with van der Waals surface area (Å²) in [5.41, 5.74) is 0.892. The molecule has 1 atom stereocenters. The molecule has 2 aromatic rings. The number of amides is 1. The van der Waals surface area contributed by atoms with Gasteiger partial charge in [-0.2, -0.15) is 16.4 Å². The highest BCUT2D eigenvalue weighted by Gasteiger charge is 2.21. The van der Waals surface area contributed by atoms with E-state index in [1.165, 1.54) is 11.8 Å². The second-order valence-electron chi connectivity index (χ2n) is 4.17. The zero-order valence-corrected chi connectivity index (χ0v) is 12.3. The van der Waals surface area contributed by atoms with Gasteiger partial charge in [-0.1, -0.05) is 18.2 Å². The second-order valence-corrected chi connectivity index (χ2v) is 5.21. The van der Waals surface area contributed by atoms with Gasteiger partial charge in [-0.15, -0.1) is 5.10 Å². The van der Waals surface area contributed by atoms with Crippen LogP contribution in [0.3, 0.4) is 0 Å². The van der Waals surface area contributed by atoms with Crippen LogP contribution in [-0.4, -0.2) is 44.2 Å². The molecule has 2 rings (SSSR count). The van der Waals surface area contributed by atoms with Crippen molar-refractivity contribution in [3.8, 4) is 5.69 Å². The SMILES string of the molecule is CCNC(=O)C(Cc1nnnn1-c1ccccc1)SC. The minimum absolute atomic E-state index is 0.0163. The Morgan fingerprint density at radius 1 is 1.40 bits per heavy atom. The van der Waals surface area contributed by atoms with E-state index in [0.29, 0.717) is 18.8 Å². The highest BCUT2D eigenvalue weighted by molar-refractivity contribution is 7.99. The van der Waals surface area contributed by atoms with Crippen molar-refractivity contribution >= 4 is 17.7 Å². The van der Waals surface area contributed by atoms with Crippen LogP contribution >= 0.6 is 11.8 Å². The molecule has 1 aromatic carbocycles. The van der Waals surface area contributed by atoms with Crippen LogP contribution in [0.4, 0.5) is 0 Å². The van der Waals surface area contributed by atoms with Crippen molar-refractivity contribution in [1.29, 1.82) is 0 Å². The van der Waals surface area contributed by atoms with E-state index >= 15 is 0 Å². The monoisotopic (exact) mass is 291 g/mol. The molecule has 0 spiro atoms. The lowest BCUT2D eigenvalue weighted by Crippen LogP contribution is -2.34. The fraction of sp³-hybridized carbons (Fsp3) is 0.385. The van der Waals surface area contributed by atoms with E-state index in [2.05, 4.69) is 20.8 Å². The highest BCUT2D eigenvalue weighted by Crippen LogP contribution is 2.15. The number of carbonyl (C=O) groups is 1. The largest absolute Gasteiger partial charge is 0.355 e. The average molecular weight is 291 g/mol. The maximum Gasteiger partial charge on any atom is 0.233 e. The van der Waals surface area contributed by atoms with Gasteiger partial charge in [-0.25, -0.2) is 0 Å². The van der Waals surface area contributed by atoms with E-state index in [1.54, 1.807) is 4.68 Å². The lowest BCUT2D eigenvalue weighted by atomic mass is 10.2. The number of carbonyl (C=O) groups excluding carboxylic acids is 1. The Bertz CT molecular complexity index is 557. The lowest BCUT2D eigenvalue weighted by molar-refractivity contribution is -0.120. The molecule has 0 aliphatic heterocycles. The Morgan fingerprint density at radius 2 is 2.15 bits per heavy atom. The van der Waals surface area contributed by atoms with E-state index in [9.17, 15) is 4.79 Å². The van der Waals surface area contributed by atoms with E-state index in [4.69, 9.17) is 0 Å². The fourth-order valence-electron chi connectivity index (χ4n) is 1.84. The number of hydrogen-bond donors (Lipinski definition) is 1. The van der Waals surface area contributed by atoms with Crippen molar-refractivity contribution in [2.75, 3.05) is 12.8 Å². The van der Waals surface area contributed by atoms with Gasteiger partial charge < -0.3 is 5.32 Å². The summed E-state index contributed by atoms with van der Waals surface area (Å²) in [5.74, 6) is 0.699. The Labute approximate surface area is 121 Å². The Hall–Kier alpha value is -1.89. The van der Waals surface area contributed by atoms with Gasteiger partial charge in [-0.05, 0) is 35.7 Å². The number of aromatic nitrogens is 4. The van der Waals surface area contributed by atoms with E-state index in [0.717, 1.165) is 5.69 Å². The molecule has 20 heavy (non-hydrogen) atoms. The van der Waals surface area contributed by atoms with Gasteiger partial charge in [0.25, 0.3) is 0 Å². The first-order valence-corrected chi connectivity index (χ1v) is 7.68. The second kappa shape index (κ2) is 7.04. The van der Waals surface area contributed by atoms with Gasteiger partial charge in [-0.3, -0.25) is 4.79 Å². The van der Waals surface area contributed by atoms with Crippen LogP contribution in [0.25, 0.3) is 5.69 Å². The third-order valence-electron chi connectivity index (χ3n) is 2.83. The number of para-hydroxylation sites is 1. The molecule has 0 saturated heterocycles. The zero-order chi connectivity index (χ0) is 14.4. The lowest BCUT2D eigenvalue weighted by Gasteiger charge is -2.13. The minimum atomic E-state index is -0.191. The van der Waals surface area contributed by atoms with Gasteiger partial charge in [0.1, 0.15) is 0 Å². The summed E-state index contributed by atoms with van der Waals surface area (Å²) in [6.45, 7) is 2.53. The van der Waals surface area contributed by atoms with Crippen molar-refractivity contribution in [1.82, 2.24) is 25.5 Å². The molecule has 1 amide bonds. The normalized spacial score (nSPS) is 12.1. The number of nitrogens with zero attached hydrogens (tertiary/aromatic N) is 4. The smallest absolute Gasteiger partial charge is 0.233 e. The van der Waals surface area contributed by atoms with Crippen LogP contribution in [0.1, 0.15) is 12.7 Å². The van der Waals surface area contributed by atoms with E-state index < -0.39 is 0 Å². The van der Waals surface area contributed by atoms with Crippen LogP contribution in [0.5, 0.6) is 0 Å². The summed E-state index contributed by atoms with van der Waals surface area (Å²) in [4.78, 5) is 11.9.